The zero-order valence-corrected chi connectivity index (χ0v) is 15.1. The van der Waals surface area contributed by atoms with Crippen LogP contribution < -0.4 is 19.7 Å². The van der Waals surface area contributed by atoms with Gasteiger partial charge in [-0.3, -0.25) is 4.79 Å². The van der Waals surface area contributed by atoms with E-state index in [1.807, 2.05) is 25.2 Å². The molecule has 0 radical (unpaired) electrons. The van der Waals surface area contributed by atoms with Gasteiger partial charge in [-0.2, -0.15) is 0 Å². The molecular formula is C20H26N2O3. The highest BCUT2D eigenvalue weighted by atomic mass is 16.5. The van der Waals surface area contributed by atoms with Crippen LogP contribution in [0.15, 0.2) is 54.6 Å². The number of hydrogen-bond donors (Lipinski definition) is 1. The van der Waals surface area contributed by atoms with Gasteiger partial charge in [0.2, 0.25) is 0 Å². The van der Waals surface area contributed by atoms with Crippen molar-refractivity contribution in [1.82, 2.24) is 5.32 Å². The van der Waals surface area contributed by atoms with Crippen molar-refractivity contribution in [2.24, 2.45) is 0 Å². The number of methoxy groups -OCH3 is 1. The molecule has 0 saturated carbocycles. The first-order chi connectivity index (χ1) is 12.1. The molecule has 0 heterocycles. The van der Waals surface area contributed by atoms with Crippen LogP contribution in [0, 0.1) is 0 Å². The molecule has 5 heteroatoms. The van der Waals surface area contributed by atoms with Gasteiger partial charge < -0.3 is 19.7 Å². The van der Waals surface area contributed by atoms with E-state index in [0.29, 0.717) is 12.3 Å². The fourth-order valence-corrected chi connectivity index (χ4v) is 2.40. The van der Waals surface area contributed by atoms with E-state index < -0.39 is 6.10 Å². The number of anilines is 1. The van der Waals surface area contributed by atoms with Gasteiger partial charge in [0.05, 0.1) is 7.11 Å². The average Bonchev–Trinajstić information content (AvgIpc) is 2.66. The molecule has 0 aliphatic rings. The van der Waals surface area contributed by atoms with Crippen LogP contribution in [-0.4, -0.2) is 39.3 Å². The van der Waals surface area contributed by atoms with Gasteiger partial charge in [0, 0.05) is 25.8 Å². The van der Waals surface area contributed by atoms with E-state index in [2.05, 4.69) is 22.3 Å². The Balaban J connectivity index is 1.68. The number of carbonyl (C=O) groups is 1. The molecule has 2 aromatic carbocycles. The molecule has 1 N–H and O–H groups in total. The maximum atomic E-state index is 12.1. The van der Waals surface area contributed by atoms with Crippen molar-refractivity contribution < 1.29 is 14.3 Å². The van der Waals surface area contributed by atoms with Gasteiger partial charge >= 0.3 is 0 Å². The van der Waals surface area contributed by atoms with Crippen molar-refractivity contribution in [1.29, 1.82) is 0 Å². The second kappa shape index (κ2) is 9.57. The summed E-state index contributed by atoms with van der Waals surface area (Å²) >= 11 is 0. The van der Waals surface area contributed by atoms with E-state index in [1.165, 1.54) is 5.69 Å². The lowest BCUT2D eigenvalue weighted by Crippen LogP contribution is -2.37. The van der Waals surface area contributed by atoms with E-state index in [1.54, 1.807) is 38.3 Å². The van der Waals surface area contributed by atoms with Crippen LogP contribution in [0.3, 0.4) is 0 Å². The lowest BCUT2D eigenvalue weighted by molar-refractivity contribution is -0.127. The number of benzene rings is 2. The summed E-state index contributed by atoms with van der Waals surface area (Å²) in [7, 11) is 3.66. The molecule has 5 nitrogen and oxygen atoms in total. The zero-order chi connectivity index (χ0) is 18.1. The Labute approximate surface area is 149 Å². The highest BCUT2D eigenvalue weighted by Crippen LogP contribution is 2.18. The van der Waals surface area contributed by atoms with Crippen molar-refractivity contribution in [2.75, 3.05) is 32.1 Å². The third-order valence-electron chi connectivity index (χ3n) is 3.91. The number of rotatable bonds is 9. The molecule has 0 unspecified atom stereocenters. The average molecular weight is 342 g/mol. The Kier molecular flexibility index (Phi) is 7.14. The van der Waals surface area contributed by atoms with Gasteiger partial charge in [0.25, 0.3) is 5.91 Å². The molecule has 0 bridgehead atoms. The predicted molar refractivity (Wildman–Crippen MR) is 100 cm³/mol. The summed E-state index contributed by atoms with van der Waals surface area (Å²) in [4.78, 5) is 14.3. The van der Waals surface area contributed by atoms with Crippen LogP contribution in [0.2, 0.25) is 0 Å². The molecule has 0 aliphatic heterocycles. The Hall–Kier alpha value is -2.69. The summed E-state index contributed by atoms with van der Waals surface area (Å²) in [5.74, 6) is 1.29. The highest BCUT2D eigenvalue weighted by Gasteiger charge is 2.14. The van der Waals surface area contributed by atoms with Crippen molar-refractivity contribution in [3.8, 4) is 11.5 Å². The smallest absolute Gasteiger partial charge is 0.260 e. The van der Waals surface area contributed by atoms with E-state index in [0.717, 1.165) is 18.7 Å². The zero-order valence-electron chi connectivity index (χ0n) is 15.1. The minimum atomic E-state index is -0.541. The first-order valence-electron chi connectivity index (χ1n) is 8.45. The van der Waals surface area contributed by atoms with Gasteiger partial charge in [-0.1, -0.05) is 18.2 Å². The standard InChI is InChI=1S/C20H26N2O3/c1-16(25-19-12-10-18(24-3)11-13-19)20(23)21-14-7-15-22(2)17-8-5-4-6-9-17/h4-6,8-13,16H,7,14-15H2,1-3H3,(H,21,23)/t16-/m1/s1. The van der Waals surface area contributed by atoms with Gasteiger partial charge in [0.1, 0.15) is 11.5 Å². The van der Waals surface area contributed by atoms with Crippen LogP contribution in [0.1, 0.15) is 13.3 Å². The van der Waals surface area contributed by atoms with Crippen molar-refractivity contribution in [2.45, 2.75) is 19.4 Å². The van der Waals surface area contributed by atoms with Gasteiger partial charge in [-0.05, 0) is 49.7 Å². The van der Waals surface area contributed by atoms with Gasteiger partial charge in [-0.25, -0.2) is 0 Å². The first kappa shape index (κ1) is 18.6. The number of carbonyl (C=O) groups excluding carboxylic acids is 1. The number of amides is 1. The monoisotopic (exact) mass is 342 g/mol. The maximum Gasteiger partial charge on any atom is 0.260 e. The summed E-state index contributed by atoms with van der Waals surface area (Å²) in [5.41, 5.74) is 1.17. The number of nitrogens with zero attached hydrogens (tertiary/aromatic N) is 1. The highest BCUT2D eigenvalue weighted by molar-refractivity contribution is 5.80. The Bertz CT molecular complexity index is 644. The molecular weight excluding hydrogens is 316 g/mol. The minimum absolute atomic E-state index is 0.113. The molecule has 1 atom stereocenters. The van der Waals surface area contributed by atoms with Crippen LogP contribution in [-0.2, 0) is 4.79 Å². The lowest BCUT2D eigenvalue weighted by atomic mass is 10.3. The van der Waals surface area contributed by atoms with Crippen molar-refractivity contribution in [3.05, 3.63) is 54.6 Å². The van der Waals surface area contributed by atoms with Crippen molar-refractivity contribution >= 4 is 11.6 Å². The quantitative estimate of drug-likeness (QED) is 0.712. The first-order valence-corrected chi connectivity index (χ1v) is 8.45. The van der Waals surface area contributed by atoms with E-state index in [-0.39, 0.29) is 5.91 Å². The molecule has 2 aromatic rings. The number of nitrogens with one attached hydrogen (secondary N) is 1. The summed E-state index contributed by atoms with van der Waals surface area (Å²) in [6.45, 7) is 3.24. The number of hydrogen-bond acceptors (Lipinski definition) is 4. The van der Waals surface area contributed by atoms with Crippen molar-refractivity contribution in [3.63, 3.8) is 0 Å². The fourth-order valence-electron chi connectivity index (χ4n) is 2.40. The number of ether oxygens (including phenoxy) is 2. The molecule has 2 rings (SSSR count). The lowest BCUT2D eigenvalue weighted by Gasteiger charge is -2.19. The topological polar surface area (TPSA) is 50.8 Å². The van der Waals surface area contributed by atoms with E-state index in [4.69, 9.17) is 9.47 Å². The van der Waals surface area contributed by atoms with Gasteiger partial charge in [0.15, 0.2) is 6.10 Å². The Morgan fingerprint density at radius 3 is 2.36 bits per heavy atom. The largest absolute Gasteiger partial charge is 0.497 e. The summed E-state index contributed by atoms with van der Waals surface area (Å²) in [6, 6.07) is 17.4. The van der Waals surface area contributed by atoms with E-state index >= 15 is 0 Å². The third-order valence-corrected chi connectivity index (χ3v) is 3.91. The summed E-state index contributed by atoms with van der Waals surface area (Å²) in [6.07, 6.45) is 0.326. The fraction of sp³-hybridized carbons (Fsp3) is 0.350. The molecule has 0 aromatic heterocycles. The minimum Gasteiger partial charge on any atom is -0.497 e. The summed E-state index contributed by atoms with van der Waals surface area (Å²) in [5, 5.41) is 2.92. The summed E-state index contributed by atoms with van der Waals surface area (Å²) < 4.78 is 10.7. The molecule has 0 aliphatic carbocycles. The second-order valence-electron chi connectivity index (χ2n) is 5.84. The Morgan fingerprint density at radius 1 is 1.08 bits per heavy atom. The third kappa shape index (κ3) is 6.03. The predicted octanol–water partition coefficient (Wildman–Crippen LogP) is 3.11. The molecule has 0 spiro atoms. The normalized spacial score (nSPS) is 11.5. The molecule has 25 heavy (non-hydrogen) atoms. The molecule has 0 fully saturated rings. The molecule has 134 valence electrons. The van der Waals surface area contributed by atoms with Crippen LogP contribution in [0.4, 0.5) is 5.69 Å². The van der Waals surface area contributed by atoms with Crippen LogP contribution in [0.25, 0.3) is 0 Å². The van der Waals surface area contributed by atoms with E-state index in [9.17, 15) is 4.79 Å². The van der Waals surface area contributed by atoms with Gasteiger partial charge in [-0.15, -0.1) is 0 Å². The SMILES string of the molecule is COc1ccc(O[C@H](C)C(=O)NCCCN(C)c2ccccc2)cc1. The second-order valence-corrected chi connectivity index (χ2v) is 5.84. The molecule has 1 amide bonds. The maximum absolute atomic E-state index is 12.1. The Morgan fingerprint density at radius 2 is 1.72 bits per heavy atom. The number of para-hydroxylation sites is 1. The van der Waals surface area contributed by atoms with Crippen LogP contribution in [0.5, 0.6) is 11.5 Å². The molecule has 0 saturated heterocycles. The van der Waals surface area contributed by atoms with Crippen LogP contribution >= 0.6 is 0 Å².